The topological polar surface area (TPSA) is 0 Å². The van der Waals surface area contributed by atoms with E-state index in [-0.39, 0.29) is 31.8 Å². The first kappa shape index (κ1) is 14.9. The zero-order chi connectivity index (χ0) is 14.2. The monoisotopic (exact) mass is 340 g/mol. The number of alkyl halides is 2. The molecule has 0 spiro atoms. The van der Waals surface area contributed by atoms with Gasteiger partial charge in [-0.05, 0) is 18.2 Å². The largest absolute Gasteiger partial charge is 0.264 e. The molecule has 0 bridgehead atoms. The zero-order valence-corrected chi connectivity index (χ0v) is 12.3. The van der Waals surface area contributed by atoms with Crippen LogP contribution in [0, 0.1) is 0 Å². The number of rotatable bonds is 2. The van der Waals surface area contributed by atoms with Crippen molar-refractivity contribution in [3.8, 4) is 11.1 Å². The van der Waals surface area contributed by atoms with Crippen LogP contribution in [0.1, 0.15) is 12.0 Å². The zero-order valence-electron chi connectivity index (χ0n) is 9.23. The Morgan fingerprint density at radius 2 is 1.37 bits per heavy atom. The van der Waals surface area contributed by atoms with Gasteiger partial charge in [-0.3, -0.25) is 0 Å². The van der Waals surface area contributed by atoms with Crippen LogP contribution in [0.15, 0.2) is 30.3 Å². The van der Waals surface area contributed by atoms with Crippen LogP contribution in [-0.4, -0.2) is 0 Å². The van der Waals surface area contributed by atoms with Gasteiger partial charge in [0.05, 0.1) is 10.0 Å². The van der Waals surface area contributed by atoms with Crippen molar-refractivity contribution in [2.45, 2.75) is 6.43 Å². The molecule has 0 saturated heterocycles. The molecule has 0 saturated carbocycles. The summed E-state index contributed by atoms with van der Waals surface area (Å²) in [4.78, 5) is 0. The van der Waals surface area contributed by atoms with Gasteiger partial charge in [0.15, 0.2) is 0 Å². The Morgan fingerprint density at radius 3 is 1.89 bits per heavy atom. The van der Waals surface area contributed by atoms with Gasteiger partial charge in [0, 0.05) is 26.7 Å². The highest BCUT2D eigenvalue weighted by Gasteiger charge is 2.21. The van der Waals surface area contributed by atoms with E-state index in [0.29, 0.717) is 5.02 Å². The molecule has 0 aromatic heterocycles. The minimum Gasteiger partial charge on any atom is -0.205 e. The van der Waals surface area contributed by atoms with Gasteiger partial charge >= 0.3 is 0 Å². The van der Waals surface area contributed by atoms with E-state index < -0.39 is 6.43 Å². The van der Waals surface area contributed by atoms with Gasteiger partial charge in [-0.2, -0.15) is 0 Å². The summed E-state index contributed by atoms with van der Waals surface area (Å²) in [5.41, 5.74) is 0.165. The summed E-state index contributed by atoms with van der Waals surface area (Å²) >= 11 is 23.9. The van der Waals surface area contributed by atoms with Gasteiger partial charge in [0.2, 0.25) is 0 Å². The first-order valence-electron chi connectivity index (χ1n) is 5.13. The highest BCUT2D eigenvalue weighted by molar-refractivity contribution is 6.43. The SMILES string of the molecule is FC(F)c1cccc(Cl)c1-c1c(Cl)cc(Cl)cc1Cl. The first-order chi connectivity index (χ1) is 8.91. The summed E-state index contributed by atoms with van der Waals surface area (Å²) in [5.74, 6) is 0. The fourth-order valence-electron chi connectivity index (χ4n) is 1.77. The van der Waals surface area contributed by atoms with Gasteiger partial charge in [0.1, 0.15) is 0 Å². The predicted octanol–water partition coefficient (Wildman–Crippen LogP) is 6.90. The molecule has 100 valence electrons. The Morgan fingerprint density at radius 1 is 0.789 bits per heavy atom. The van der Waals surface area contributed by atoms with E-state index in [2.05, 4.69) is 0 Å². The van der Waals surface area contributed by atoms with Crippen molar-refractivity contribution in [2.75, 3.05) is 0 Å². The predicted molar refractivity (Wildman–Crippen MR) is 76.9 cm³/mol. The van der Waals surface area contributed by atoms with E-state index in [1.54, 1.807) is 0 Å². The van der Waals surface area contributed by atoms with Crippen molar-refractivity contribution in [2.24, 2.45) is 0 Å². The fraction of sp³-hybridized carbons (Fsp3) is 0.0769. The molecule has 0 aliphatic rings. The Balaban J connectivity index is 2.79. The quantitative estimate of drug-likeness (QED) is 0.557. The highest BCUT2D eigenvalue weighted by Crippen LogP contribution is 2.44. The third-order valence-electron chi connectivity index (χ3n) is 2.54. The number of hydrogen-bond donors (Lipinski definition) is 0. The lowest BCUT2D eigenvalue weighted by molar-refractivity contribution is 0.152. The van der Waals surface area contributed by atoms with Crippen molar-refractivity contribution in [3.63, 3.8) is 0 Å². The van der Waals surface area contributed by atoms with E-state index in [1.165, 1.54) is 30.3 Å². The molecule has 0 amide bonds. The maximum absolute atomic E-state index is 13.1. The van der Waals surface area contributed by atoms with Gasteiger partial charge in [-0.25, -0.2) is 8.78 Å². The standard InChI is InChI=1S/C13H6Cl4F2/c14-6-4-9(16)12(10(17)5-6)11-7(13(18)19)2-1-3-8(11)15/h1-5,13H. The molecule has 0 atom stereocenters. The molecule has 0 radical (unpaired) electrons. The maximum Gasteiger partial charge on any atom is 0.264 e. The van der Waals surface area contributed by atoms with Crippen LogP contribution in [0.2, 0.25) is 20.1 Å². The molecule has 2 aromatic carbocycles. The van der Waals surface area contributed by atoms with Crippen molar-refractivity contribution < 1.29 is 8.78 Å². The molecule has 2 rings (SSSR count). The Kier molecular flexibility index (Phi) is 4.57. The van der Waals surface area contributed by atoms with Crippen molar-refractivity contribution in [1.29, 1.82) is 0 Å². The van der Waals surface area contributed by atoms with Crippen LogP contribution in [0.5, 0.6) is 0 Å². The van der Waals surface area contributed by atoms with Crippen LogP contribution in [-0.2, 0) is 0 Å². The van der Waals surface area contributed by atoms with E-state index in [9.17, 15) is 8.78 Å². The summed E-state index contributed by atoms with van der Waals surface area (Å²) in [6, 6.07) is 7.11. The lowest BCUT2D eigenvalue weighted by atomic mass is 9.99. The summed E-state index contributed by atoms with van der Waals surface area (Å²) < 4.78 is 26.1. The molecule has 2 aromatic rings. The lowest BCUT2D eigenvalue weighted by Crippen LogP contribution is -1.93. The molecule has 0 unspecified atom stereocenters. The molecule has 19 heavy (non-hydrogen) atoms. The molecule has 0 fully saturated rings. The smallest absolute Gasteiger partial charge is 0.205 e. The number of hydrogen-bond acceptors (Lipinski definition) is 0. The Labute approximate surface area is 128 Å². The Hall–Kier alpha value is -0.540. The third-order valence-corrected chi connectivity index (χ3v) is 3.67. The summed E-state index contributed by atoms with van der Waals surface area (Å²) in [6.45, 7) is 0. The maximum atomic E-state index is 13.1. The van der Waals surface area contributed by atoms with Crippen LogP contribution >= 0.6 is 46.4 Å². The van der Waals surface area contributed by atoms with E-state index >= 15 is 0 Å². The molecular weight excluding hydrogens is 336 g/mol. The van der Waals surface area contributed by atoms with Crippen LogP contribution in [0.25, 0.3) is 11.1 Å². The van der Waals surface area contributed by atoms with Gasteiger partial charge in [-0.15, -0.1) is 0 Å². The number of halogens is 6. The van der Waals surface area contributed by atoms with Crippen LogP contribution in [0.3, 0.4) is 0 Å². The van der Waals surface area contributed by atoms with Crippen molar-refractivity contribution in [1.82, 2.24) is 0 Å². The highest BCUT2D eigenvalue weighted by atomic mass is 35.5. The average Bonchev–Trinajstić information content (AvgIpc) is 2.29. The van der Waals surface area contributed by atoms with Crippen LogP contribution in [0.4, 0.5) is 8.78 Å². The lowest BCUT2D eigenvalue weighted by Gasteiger charge is -2.14. The number of benzene rings is 2. The minimum atomic E-state index is -2.68. The average molecular weight is 342 g/mol. The second-order valence-corrected chi connectivity index (χ2v) is 5.41. The fourth-order valence-corrected chi connectivity index (χ4v) is 3.05. The molecule has 6 heteroatoms. The first-order valence-corrected chi connectivity index (χ1v) is 6.64. The van der Waals surface area contributed by atoms with Crippen LogP contribution < -0.4 is 0 Å². The Bertz CT molecular complexity index is 603. The van der Waals surface area contributed by atoms with Gasteiger partial charge in [0.25, 0.3) is 6.43 Å². The molecule has 0 N–H and O–H groups in total. The minimum absolute atomic E-state index is 0.130. The molecule has 0 aliphatic heterocycles. The van der Waals surface area contributed by atoms with Crippen molar-refractivity contribution in [3.05, 3.63) is 56.0 Å². The van der Waals surface area contributed by atoms with Gasteiger partial charge < -0.3 is 0 Å². The van der Waals surface area contributed by atoms with Gasteiger partial charge in [-0.1, -0.05) is 58.5 Å². The van der Waals surface area contributed by atoms with Crippen molar-refractivity contribution >= 4 is 46.4 Å². The second-order valence-electron chi connectivity index (χ2n) is 3.75. The molecular formula is C13H6Cl4F2. The normalized spacial score (nSPS) is 11.1. The third kappa shape index (κ3) is 2.97. The van der Waals surface area contributed by atoms with E-state index in [1.807, 2.05) is 0 Å². The summed E-state index contributed by atoms with van der Waals surface area (Å²) in [6.07, 6.45) is -2.68. The van der Waals surface area contributed by atoms with E-state index in [0.717, 1.165) is 0 Å². The second kappa shape index (κ2) is 5.84. The van der Waals surface area contributed by atoms with E-state index in [4.69, 9.17) is 46.4 Å². The molecule has 0 aliphatic carbocycles. The summed E-state index contributed by atoms with van der Waals surface area (Å²) in [5, 5.41) is 0.827. The molecule has 0 heterocycles. The summed E-state index contributed by atoms with van der Waals surface area (Å²) in [7, 11) is 0. The molecule has 0 nitrogen and oxygen atoms in total.